The van der Waals surface area contributed by atoms with Gasteiger partial charge in [-0.1, -0.05) is 23.7 Å². The SMILES string of the molecule is COC(=O)N1CCC(N[C@H](C)Cc2ccc(Cl)cc2)CC1. The fourth-order valence-electron chi connectivity index (χ4n) is 2.79. The first kappa shape index (κ1) is 16.1. The summed E-state index contributed by atoms with van der Waals surface area (Å²) in [6, 6.07) is 8.87. The molecule has 1 heterocycles. The second-order valence-corrected chi connectivity index (χ2v) is 6.07. The van der Waals surface area contributed by atoms with Gasteiger partial charge in [0.05, 0.1) is 7.11 Å². The van der Waals surface area contributed by atoms with Gasteiger partial charge in [-0.25, -0.2) is 4.79 Å². The molecule has 2 rings (SSSR count). The highest BCUT2D eigenvalue weighted by molar-refractivity contribution is 6.30. The highest BCUT2D eigenvalue weighted by Crippen LogP contribution is 2.14. The molecule has 1 aromatic rings. The Hall–Kier alpha value is -1.26. The van der Waals surface area contributed by atoms with Gasteiger partial charge in [-0.05, 0) is 43.9 Å². The monoisotopic (exact) mass is 310 g/mol. The molecule has 21 heavy (non-hydrogen) atoms. The average molecular weight is 311 g/mol. The Morgan fingerprint density at radius 1 is 1.38 bits per heavy atom. The van der Waals surface area contributed by atoms with E-state index in [2.05, 4.69) is 24.4 Å². The quantitative estimate of drug-likeness (QED) is 0.929. The summed E-state index contributed by atoms with van der Waals surface area (Å²) < 4.78 is 4.75. The predicted molar refractivity (Wildman–Crippen MR) is 84.8 cm³/mol. The first-order valence-corrected chi connectivity index (χ1v) is 7.79. The van der Waals surface area contributed by atoms with Gasteiger partial charge >= 0.3 is 6.09 Å². The van der Waals surface area contributed by atoms with E-state index in [9.17, 15) is 4.79 Å². The predicted octanol–water partition coefficient (Wildman–Crippen LogP) is 3.09. The lowest BCUT2D eigenvalue weighted by molar-refractivity contribution is 0.109. The molecule has 1 aromatic carbocycles. The number of ether oxygens (including phenoxy) is 1. The Balaban J connectivity index is 1.75. The fourth-order valence-corrected chi connectivity index (χ4v) is 2.92. The van der Waals surface area contributed by atoms with Crippen LogP contribution in [-0.4, -0.2) is 43.3 Å². The summed E-state index contributed by atoms with van der Waals surface area (Å²) >= 11 is 5.90. The van der Waals surface area contributed by atoms with E-state index in [0.29, 0.717) is 12.1 Å². The summed E-state index contributed by atoms with van der Waals surface area (Å²) in [6.45, 7) is 3.72. The van der Waals surface area contributed by atoms with Crippen molar-refractivity contribution in [2.24, 2.45) is 0 Å². The summed E-state index contributed by atoms with van der Waals surface area (Å²) in [5, 5.41) is 4.42. The molecular formula is C16H23ClN2O2. The van der Waals surface area contributed by atoms with E-state index in [0.717, 1.165) is 37.4 Å². The molecular weight excluding hydrogens is 288 g/mol. The van der Waals surface area contributed by atoms with Gasteiger partial charge in [0, 0.05) is 30.2 Å². The van der Waals surface area contributed by atoms with Crippen molar-refractivity contribution in [2.45, 2.75) is 38.3 Å². The van der Waals surface area contributed by atoms with Gasteiger partial charge in [-0.3, -0.25) is 0 Å². The number of nitrogens with one attached hydrogen (secondary N) is 1. The van der Waals surface area contributed by atoms with Crippen LogP contribution in [0.1, 0.15) is 25.3 Å². The molecule has 1 aliphatic heterocycles. The third kappa shape index (κ3) is 4.90. The molecule has 1 fully saturated rings. The van der Waals surface area contributed by atoms with E-state index < -0.39 is 0 Å². The minimum absolute atomic E-state index is 0.220. The van der Waals surface area contributed by atoms with Gasteiger partial charge in [0.15, 0.2) is 0 Å². The molecule has 0 unspecified atom stereocenters. The number of methoxy groups -OCH3 is 1. The zero-order valence-corrected chi connectivity index (χ0v) is 13.4. The Morgan fingerprint density at radius 2 is 2.00 bits per heavy atom. The number of rotatable bonds is 4. The third-order valence-corrected chi connectivity index (χ3v) is 4.16. The molecule has 1 N–H and O–H groups in total. The normalized spacial score (nSPS) is 17.6. The van der Waals surface area contributed by atoms with E-state index >= 15 is 0 Å². The van der Waals surface area contributed by atoms with Crippen LogP contribution in [0.5, 0.6) is 0 Å². The van der Waals surface area contributed by atoms with Crippen molar-refractivity contribution in [3.05, 3.63) is 34.9 Å². The Bertz CT molecular complexity index is 456. The summed E-state index contributed by atoms with van der Waals surface area (Å²) in [5.41, 5.74) is 1.28. The number of hydrogen-bond acceptors (Lipinski definition) is 3. The second kappa shape index (κ2) is 7.66. The highest BCUT2D eigenvalue weighted by Gasteiger charge is 2.23. The maximum atomic E-state index is 11.4. The van der Waals surface area contributed by atoms with Crippen LogP contribution in [0, 0.1) is 0 Å². The number of halogens is 1. The van der Waals surface area contributed by atoms with Crippen LogP contribution in [-0.2, 0) is 11.2 Å². The largest absolute Gasteiger partial charge is 0.453 e. The summed E-state index contributed by atoms with van der Waals surface area (Å²) in [4.78, 5) is 13.2. The summed E-state index contributed by atoms with van der Waals surface area (Å²) in [5.74, 6) is 0. The van der Waals surface area contributed by atoms with Gasteiger partial charge in [-0.15, -0.1) is 0 Å². The molecule has 1 atom stereocenters. The van der Waals surface area contributed by atoms with E-state index in [-0.39, 0.29) is 6.09 Å². The van der Waals surface area contributed by atoms with Crippen LogP contribution in [0.25, 0.3) is 0 Å². The molecule has 0 spiro atoms. The number of nitrogens with zero attached hydrogens (tertiary/aromatic N) is 1. The van der Waals surface area contributed by atoms with Gasteiger partial charge in [-0.2, -0.15) is 0 Å². The maximum absolute atomic E-state index is 11.4. The number of benzene rings is 1. The lowest BCUT2D eigenvalue weighted by Gasteiger charge is -2.33. The topological polar surface area (TPSA) is 41.6 Å². The maximum Gasteiger partial charge on any atom is 0.409 e. The molecule has 1 saturated heterocycles. The first-order chi connectivity index (χ1) is 10.1. The Morgan fingerprint density at radius 3 is 2.57 bits per heavy atom. The molecule has 0 bridgehead atoms. The zero-order chi connectivity index (χ0) is 15.2. The molecule has 5 heteroatoms. The lowest BCUT2D eigenvalue weighted by Crippen LogP contribution is -2.47. The number of hydrogen-bond donors (Lipinski definition) is 1. The van der Waals surface area contributed by atoms with Gasteiger partial charge in [0.2, 0.25) is 0 Å². The van der Waals surface area contributed by atoms with Crippen molar-refractivity contribution < 1.29 is 9.53 Å². The number of carbonyl (C=O) groups excluding carboxylic acids is 1. The van der Waals surface area contributed by atoms with Gasteiger partial charge in [0.25, 0.3) is 0 Å². The zero-order valence-electron chi connectivity index (χ0n) is 12.6. The molecule has 0 aliphatic carbocycles. The molecule has 4 nitrogen and oxygen atoms in total. The highest BCUT2D eigenvalue weighted by atomic mass is 35.5. The standard InChI is InChI=1S/C16H23ClN2O2/c1-12(11-13-3-5-14(17)6-4-13)18-15-7-9-19(10-8-15)16(20)21-2/h3-6,12,15,18H,7-11H2,1-2H3/t12-/m1/s1. The van der Waals surface area contributed by atoms with E-state index in [1.807, 2.05) is 12.1 Å². The third-order valence-electron chi connectivity index (χ3n) is 3.90. The van der Waals surface area contributed by atoms with Crippen molar-refractivity contribution in [1.82, 2.24) is 10.2 Å². The van der Waals surface area contributed by atoms with Crippen LogP contribution in [0.4, 0.5) is 4.79 Å². The van der Waals surface area contributed by atoms with Gasteiger partial charge < -0.3 is 15.0 Å². The number of carbonyl (C=O) groups is 1. The van der Waals surface area contributed by atoms with Crippen LogP contribution in [0.3, 0.4) is 0 Å². The van der Waals surface area contributed by atoms with Crippen molar-refractivity contribution >= 4 is 17.7 Å². The lowest BCUT2D eigenvalue weighted by atomic mass is 10.0. The number of amides is 1. The molecule has 1 amide bonds. The van der Waals surface area contributed by atoms with Crippen LogP contribution < -0.4 is 5.32 Å². The second-order valence-electron chi connectivity index (χ2n) is 5.63. The van der Waals surface area contributed by atoms with Crippen molar-refractivity contribution in [2.75, 3.05) is 20.2 Å². The Labute approximate surface area is 131 Å². The molecule has 116 valence electrons. The van der Waals surface area contributed by atoms with Crippen LogP contribution in [0.15, 0.2) is 24.3 Å². The molecule has 1 aliphatic rings. The van der Waals surface area contributed by atoms with Gasteiger partial charge in [0.1, 0.15) is 0 Å². The smallest absolute Gasteiger partial charge is 0.409 e. The fraction of sp³-hybridized carbons (Fsp3) is 0.562. The molecule has 0 radical (unpaired) electrons. The number of likely N-dealkylation sites (tertiary alicyclic amines) is 1. The number of piperidine rings is 1. The average Bonchev–Trinajstić information content (AvgIpc) is 2.49. The van der Waals surface area contributed by atoms with Crippen molar-refractivity contribution in [3.63, 3.8) is 0 Å². The van der Waals surface area contributed by atoms with E-state index in [1.165, 1.54) is 12.7 Å². The molecule has 0 aromatic heterocycles. The summed E-state index contributed by atoms with van der Waals surface area (Å²) in [6.07, 6.45) is 2.71. The van der Waals surface area contributed by atoms with Crippen molar-refractivity contribution in [1.29, 1.82) is 0 Å². The van der Waals surface area contributed by atoms with E-state index in [1.54, 1.807) is 4.90 Å². The molecule has 0 saturated carbocycles. The van der Waals surface area contributed by atoms with Crippen LogP contribution in [0.2, 0.25) is 5.02 Å². The minimum Gasteiger partial charge on any atom is -0.453 e. The minimum atomic E-state index is -0.220. The first-order valence-electron chi connectivity index (χ1n) is 7.42. The summed E-state index contributed by atoms with van der Waals surface area (Å²) in [7, 11) is 1.43. The van der Waals surface area contributed by atoms with Crippen molar-refractivity contribution in [3.8, 4) is 0 Å². The van der Waals surface area contributed by atoms with E-state index in [4.69, 9.17) is 16.3 Å². The Kier molecular flexibility index (Phi) is 5.88. The van der Waals surface area contributed by atoms with Crippen LogP contribution >= 0.6 is 11.6 Å².